The fourth-order valence-corrected chi connectivity index (χ4v) is 1.42. The summed E-state index contributed by atoms with van der Waals surface area (Å²) in [6, 6.07) is 5.01. The van der Waals surface area contributed by atoms with Gasteiger partial charge in [-0.3, -0.25) is 19.7 Å². The Labute approximate surface area is 96.8 Å². The monoisotopic (exact) mass is 233 g/mol. The number of carbonyl (C=O) groups is 1. The van der Waals surface area contributed by atoms with Gasteiger partial charge in [-0.1, -0.05) is 0 Å². The number of H-pyrrole nitrogens is 1. The lowest BCUT2D eigenvalue weighted by Crippen LogP contribution is -2.22. The number of carbonyl (C=O) groups excluding carboxylic acids is 1. The van der Waals surface area contributed by atoms with Gasteiger partial charge in [0.2, 0.25) is 0 Å². The Morgan fingerprint density at radius 1 is 1.59 bits per heavy atom. The number of nitrogens with one attached hydrogen (secondary N) is 1. The third-order valence-electron chi connectivity index (χ3n) is 2.28. The van der Waals surface area contributed by atoms with E-state index in [4.69, 9.17) is 0 Å². The molecule has 0 radical (unpaired) electrons. The number of hydrogen-bond acceptors (Lipinski definition) is 4. The number of rotatable bonds is 3. The van der Waals surface area contributed by atoms with Crippen LogP contribution >= 0.6 is 0 Å². The smallest absolute Gasteiger partial charge is 0.327 e. The van der Waals surface area contributed by atoms with Gasteiger partial charge in [-0.25, -0.2) is 4.68 Å². The first kappa shape index (κ1) is 11.1. The lowest BCUT2D eigenvalue weighted by molar-refractivity contribution is -0.141. The van der Waals surface area contributed by atoms with Crippen LogP contribution < -0.4 is 5.56 Å². The highest BCUT2D eigenvalue weighted by Crippen LogP contribution is 2.12. The molecule has 0 saturated carbocycles. The van der Waals surface area contributed by atoms with Gasteiger partial charge in [-0.15, -0.1) is 0 Å². The van der Waals surface area contributed by atoms with Crippen molar-refractivity contribution in [1.82, 2.24) is 14.8 Å². The zero-order valence-electron chi connectivity index (χ0n) is 9.21. The lowest BCUT2D eigenvalue weighted by Gasteiger charge is -2.00. The highest BCUT2D eigenvalue weighted by atomic mass is 16.5. The lowest BCUT2D eigenvalue weighted by atomic mass is 10.2. The topological polar surface area (TPSA) is 77.0 Å². The van der Waals surface area contributed by atoms with Gasteiger partial charge in [0.1, 0.15) is 6.54 Å². The number of aromatic nitrogens is 3. The molecule has 6 nitrogen and oxygen atoms in total. The predicted molar refractivity (Wildman–Crippen MR) is 60.3 cm³/mol. The van der Waals surface area contributed by atoms with E-state index in [2.05, 4.69) is 14.8 Å². The molecule has 0 aliphatic heterocycles. The molecule has 0 atom stereocenters. The number of hydrogen-bond donors (Lipinski definition) is 1. The molecule has 1 N–H and O–H groups in total. The number of pyridine rings is 1. The molecule has 0 saturated heterocycles. The number of ether oxygens (including phenoxy) is 1. The van der Waals surface area contributed by atoms with E-state index in [1.165, 1.54) is 17.9 Å². The van der Waals surface area contributed by atoms with E-state index in [-0.39, 0.29) is 12.1 Å². The molecule has 0 bridgehead atoms. The predicted octanol–water partition coefficient (Wildman–Crippen LogP) is 0.411. The van der Waals surface area contributed by atoms with E-state index < -0.39 is 5.97 Å². The summed E-state index contributed by atoms with van der Waals surface area (Å²) in [6.07, 6.45) is 3.28. The second-order valence-electron chi connectivity index (χ2n) is 3.41. The third kappa shape index (κ3) is 2.41. The van der Waals surface area contributed by atoms with Crippen molar-refractivity contribution in [3.63, 3.8) is 0 Å². The second kappa shape index (κ2) is 4.65. The van der Waals surface area contributed by atoms with Crippen molar-refractivity contribution >= 4 is 5.97 Å². The van der Waals surface area contributed by atoms with Gasteiger partial charge in [0.05, 0.1) is 12.8 Å². The SMILES string of the molecule is COC(=O)Cn1[nH]c(-c2cccnc2)cc1=O. The zero-order chi connectivity index (χ0) is 12.3. The normalized spacial score (nSPS) is 10.2. The van der Waals surface area contributed by atoms with Crippen LogP contribution in [0.4, 0.5) is 0 Å². The Hall–Kier alpha value is -2.37. The number of nitrogens with zero attached hydrogens (tertiary/aromatic N) is 2. The van der Waals surface area contributed by atoms with Gasteiger partial charge in [0, 0.05) is 24.0 Å². The largest absolute Gasteiger partial charge is 0.468 e. The molecule has 2 rings (SSSR count). The third-order valence-corrected chi connectivity index (χ3v) is 2.28. The van der Waals surface area contributed by atoms with Gasteiger partial charge < -0.3 is 4.74 Å². The van der Waals surface area contributed by atoms with Crippen LogP contribution in [0.2, 0.25) is 0 Å². The van der Waals surface area contributed by atoms with Crippen molar-refractivity contribution in [3.8, 4) is 11.3 Å². The van der Waals surface area contributed by atoms with E-state index in [0.717, 1.165) is 5.56 Å². The second-order valence-corrected chi connectivity index (χ2v) is 3.41. The van der Waals surface area contributed by atoms with Gasteiger partial charge >= 0.3 is 5.97 Å². The maximum atomic E-state index is 11.6. The molecule has 17 heavy (non-hydrogen) atoms. The van der Waals surface area contributed by atoms with E-state index in [0.29, 0.717) is 5.69 Å². The Morgan fingerprint density at radius 2 is 2.41 bits per heavy atom. The molecular formula is C11H11N3O3. The minimum Gasteiger partial charge on any atom is -0.468 e. The van der Waals surface area contributed by atoms with Gasteiger partial charge in [0.15, 0.2) is 0 Å². The van der Waals surface area contributed by atoms with Gasteiger partial charge in [0.25, 0.3) is 5.56 Å². The van der Waals surface area contributed by atoms with Crippen molar-refractivity contribution < 1.29 is 9.53 Å². The summed E-state index contributed by atoms with van der Waals surface area (Å²) >= 11 is 0. The molecule has 2 heterocycles. The van der Waals surface area contributed by atoms with Crippen molar-refractivity contribution in [3.05, 3.63) is 40.9 Å². The van der Waals surface area contributed by atoms with Crippen molar-refractivity contribution in [1.29, 1.82) is 0 Å². The summed E-state index contributed by atoms with van der Waals surface area (Å²) in [6.45, 7) is -0.129. The van der Waals surface area contributed by atoms with Crippen LogP contribution in [-0.4, -0.2) is 27.8 Å². The maximum Gasteiger partial charge on any atom is 0.327 e. The highest BCUT2D eigenvalue weighted by molar-refractivity contribution is 5.69. The fraction of sp³-hybridized carbons (Fsp3) is 0.182. The minimum absolute atomic E-state index is 0.129. The number of esters is 1. The first-order chi connectivity index (χ1) is 8.20. The summed E-state index contributed by atoms with van der Waals surface area (Å²) in [5.74, 6) is -0.480. The van der Waals surface area contributed by atoms with E-state index in [1.807, 2.05) is 6.07 Å². The molecule has 6 heteroatoms. The molecule has 0 fully saturated rings. The molecule has 0 spiro atoms. The van der Waals surface area contributed by atoms with Crippen LogP contribution in [0.3, 0.4) is 0 Å². The molecule has 0 amide bonds. The first-order valence-electron chi connectivity index (χ1n) is 4.98. The fourth-order valence-electron chi connectivity index (χ4n) is 1.42. The molecule has 2 aromatic heterocycles. The van der Waals surface area contributed by atoms with Crippen molar-refractivity contribution in [2.75, 3.05) is 7.11 Å². The standard InChI is InChI=1S/C11H11N3O3/c1-17-11(16)7-14-10(15)5-9(13-14)8-3-2-4-12-6-8/h2-6,13H,7H2,1H3. The van der Waals surface area contributed by atoms with Crippen LogP contribution in [0.1, 0.15) is 0 Å². The van der Waals surface area contributed by atoms with Crippen molar-refractivity contribution in [2.45, 2.75) is 6.54 Å². The summed E-state index contributed by atoms with van der Waals surface area (Å²) in [7, 11) is 1.28. The quantitative estimate of drug-likeness (QED) is 0.779. The Morgan fingerprint density at radius 3 is 3.06 bits per heavy atom. The zero-order valence-corrected chi connectivity index (χ0v) is 9.21. The van der Waals surface area contributed by atoms with Gasteiger partial charge in [-0.05, 0) is 12.1 Å². The number of aromatic amines is 1. The molecule has 0 aliphatic carbocycles. The van der Waals surface area contributed by atoms with Crippen LogP contribution in [0, 0.1) is 0 Å². The molecule has 0 unspecified atom stereocenters. The maximum absolute atomic E-state index is 11.6. The molecule has 88 valence electrons. The van der Waals surface area contributed by atoms with Crippen LogP contribution in [0.25, 0.3) is 11.3 Å². The Bertz CT molecular complexity index is 571. The number of methoxy groups -OCH3 is 1. The van der Waals surface area contributed by atoms with Gasteiger partial charge in [-0.2, -0.15) is 0 Å². The van der Waals surface area contributed by atoms with Crippen molar-refractivity contribution in [2.24, 2.45) is 0 Å². The summed E-state index contributed by atoms with van der Waals surface area (Å²) in [5.41, 5.74) is 1.12. The molecule has 0 aliphatic rings. The van der Waals surface area contributed by atoms with Crippen LogP contribution in [-0.2, 0) is 16.1 Å². The highest BCUT2D eigenvalue weighted by Gasteiger charge is 2.08. The summed E-state index contributed by atoms with van der Waals surface area (Å²) in [4.78, 5) is 26.6. The molecular weight excluding hydrogens is 222 g/mol. The first-order valence-corrected chi connectivity index (χ1v) is 4.98. The van der Waals surface area contributed by atoms with Crippen LogP contribution in [0.15, 0.2) is 35.4 Å². The summed E-state index contributed by atoms with van der Waals surface area (Å²) in [5, 5.41) is 2.83. The van der Waals surface area contributed by atoms with E-state index in [1.54, 1.807) is 18.5 Å². The minimum atomic E-state index is -0.480. The molecule has 0 aromatic carbocycles. The van der Waals surface area contributed by atoms with E-state index in [9.17, 15) is 9.59 Å². The average Bonchev–Trinajstić information content (AvgIpc) is 2.72. The summed E-state index contributed by atoms with van der Waals surface area (Å²) < 4.78 is 5.68. The molecule has 2 aromatic rings. The Balaban J connectivity index is 2.31. The average molecular weight is 233 g/mol. The Kier molecular flexibility index (Phi) is 3.04. The van der Waals surface area contributed by atoms with E-state index >= 15 is 0 Å². The van der Waals surface area contributed by atoms with Crippen LogP contribution in [0.5, 0.6) is 0 Å².